The molecule has 180 valence electrons. The summed E-state index contributed by atoms with van der Waals surface area (Å²) in [6.45, 7) is 3.98. The van der Waals surface area contributed by atoms with Crippen LogP contribution in [0.1, 0.15) is 37.8 Å². The topological polar surface area (TPSA) is 116 Å². The minimum atomic E-state index is -0.600. The number of H-pyrrole nitrogens is 1. The highest BCUT2D eigenvalue weighted by Crippen LogP contribution is 2.22. The Bertz CT molecular complexity index is 1120. The molecule has 8 nitrogen and oxygen atoms in total. The standard InChI is InChI=1S/C26H32N4O4/c1-17(2)13-19(15-24(31)29-33)26(32)28-23(14-18-9-5-4-6-10-18)25(30-34-3)21-16-27-22-12-8-7-11-20(21)22/h4-12,16-17,19,23,27,33H,13-15H2,1-3H3,(H,28,32)(H,29,31)/t19-,23+/m1/s1. The van der Waals surface area contributed by atoms with E-state index in [4.69, 9.17) is 10.0 Å². The molecule has 3 rings (SSSR count). The fraction of sp³-hybridized carbons (Fsp3) is 0.346. The molecule has 0 spiro atoms. The molecule has 0 fully saturated rings. The van der Waals surface area contributed by atoms with Crippen molar-refractivity contribution < 1.29 is 19.6 Å². The van der Waals surface area contributed by atoms with Gasteiger partial charge in [-0.2, -0.15) is 0 Å². The van der Waals surface area contributed by atoms with Gasteiger partial charge in [0.2, 0.25) is 11.8 Å². The van der Waals surface area contributed by atoms with E-state index in [1.54, 1.807) is 5.48 Å². The van der Waals surface area contributed by atoms with Gasteiger partial charge < -0.3 is 15.1 Å². The van der Waals surface area contributed by atoms with Crippen LogP contribution in [0.2, 0.25) is 0 Å². The van der Waals surface area contributed by atoms with E-state index < -0.39 is 17.9 Å². The lowest BCUT2D eigenvalue weighted by Gasteiger charge is -2.24. The van der Waals surface area contributed by atoms with Crippen LogP contribution in [0.4, 0.5) is 0 Å². The predicted molar refractivity (Wildman–Crippen MR) is 131 cm³/mol. The van der Waals surface area contributed by atoms with Crippen LogP contribution in [0.15, 0.2) is 65.9 Å². The van der Waals surface area contributed by atoms with E-state index >= 15 is 0 Å². The van der Waals surface area contributed by atoms with Crippen molar-refractivity contribution in [3.8, 4) is 0 Å². The Balaban J connectivity index is 1.98. The van der Waals surface area contributed by atoms with E-state index in [-0.39, 0.29) is 18.2 Å². The number of nitrogens with zero attached hydrogens (tertiary/aromatic N) is 1. The number of hydrogen-bond acceptors (Lipinski definition) is 5. The largest absolute Gasteiger partial charge is 0.399 e. The number of carbonyl (C=O) groups excluding carboxylic acids is 2. The Morgan fingerprint density at radius 2 is 1.79 bits per heavy atom. The molecule has 34 heavy (non-hydrogen) atoms. The molecular weight excluding hydrogens is 432 g/mol. The Morgan fingerprint density at radius 3 is 2.47 bits per heavy atom. The highest BCUT2D eigenvalue weighted by molar-refractivity contribution is 6.14. The number of hydrogen-bond donors (Lipinski definition) is 4. The van der Waals surface area contributed by atoms with Gasteiger partial charge in [0, 0.05) is 35.0 Å². The second-order valence-corrected chi connectivity index (χ2v) is 8.72. The van der Waals surface area contributed by atoms with Gasteiger partial charge in [-0.15, -0.1) is 0 Å². The molecule has 3 aromatic rings. The molecule has 1 heterocycles. The van der Waals surface area contributed by atoms with Gasteiger partial charge in [0.15, 0.2) is 0 Å². The minimum absolute atomic E-state index is 0.109. The minimum Gasteiger partial charge on any atom is -0.399 e. The fourth-order valence-electron chi connectivity index (χ4n) is 4.16. The number of oxime groups is 1. The Morgan fingerprint density at radius 1 is 1.09 bits per heavy atom. The molecule has 0 radical (unpaired) electrons. The summed E-state index contributed by atoms with van der Waals surface area (Å²) in [7, 11) is 1.48. The van der Waals surface area contributed by atoms with Crippen molar-refractivity contribution in [3.05, 3.63) is 71.9 Å². The summed E-state index contributed by atoms with van der Waals surface area (Å²) in [5, 5.41) is 17.4. The number of para-hydroxylation sites is 1. The molecule has 1 aromatic heterocycles. The second-order valence-electron chi connectivity index (χ2n) is 8.72. The number of aromatic amines is 1. The summed E-state index contributed by atoms with van der Waals surface area (Å²) in [4.78, 5) is 33.7. The lowest BCUT2D eigenvalue weighted by molar-refractivity contribution is -0.135. The maximum Gasteiger partial charge on any atom is 0.244 e. The summed E-state index contributed by atoms with van der Waals surface area (Å²) >= 11 is 0. The van der Waals surface area contributed by atoms with Crippen molar-refractivity contribution in [1.82, 2.24) is 15.8 Å². The van der Waals surface area contributed by atoms with Crippen LogP contribution in [-0.2, 0) is 20.8 Å². The number of aromatic nitrogens is 1. The molecule has 2 aromatic carbocycles. The first-order valence-corrected chi connectivity index (χ1v) is 11.4. The zero-order valence-electron chi connectivity index (χ0n) is 19.7. The third-order valence-corrected chi connectivity index (χ3v) is 5.67. The van der Waals surface area contributed by atoms with Gasteiger partial charge in [0.05, 0.1) is 6.04 Å². The average molecular weight is 465 g/mol. The second kappa shape index (κ2) is 12.0. The number of nitrogens with one attached hydrogen (secondary N) is 3. The van der Waals surface area contributed by atoms with Gasteiger partial charge in [0.25, 0.3) is 0 Å². The predicted octanol–water partition coefficient (Wildman–Crippen LogP) is 3.80. The summed E-state index contributed by atoms with van der Waals surface area (Å²) in [5.41, 5.74) is 5.00. The Kier molecular flexibility index (Phi) is 8.81. The highest BCUT2D eigenvalue weighted by Gasteiger charge is 2.29. The van der Waals surface area contributed by atoms with Crippen LogP contribution in [-0.4, -0.2) is 40.9 Å². The van der Waals surface area contributed by atoms with E-state index in [9.17, 15) is 9.59 Å². The lowest BCUT2D eigenvalue weighted by Crippen LogP contribution is -2.46. The molecule has 0 aliphatic carbocycles. The van der Waals surface area contributed by atoms with Gasteiger partial charge in [-0.3, -0.25) is 14.8 Å². The third-order valence-electron chi connectivity index (χ3n) is 5.67. The number of benzene rings is 2. The normalized spacial score (nSPS) is 13.5. The maximum absolute atomic E-state index is 13.4. The number of amides is 2. The quantitative estimate of drug-likeness (QED) is 0.196. The summed E-state index contributed by atoms with van der Waals surface area (Å²) < 4.78 is 0. The molecule has 0 aliphatic heterocycles. The number of rotatable bonds is 11. The van der Waals surface area contributed by atoms with E-state index in [2.05, 4.69) is 15.5 Å². The van der Waals surface area contributed by atoms with E-state index in [1.807, 2.05) is 74.6 Å². The van der Waals surface area contributed by atoms with Crippen LogP contribution in [0.3, 0.4) is 0 Å². The van der Waals surface area contributed by atoms with Crippen LogP contribution in [0.5, 0.6) is 0 Å². The zero-order valence-corrected chi connectivity index (χ0v) is 19.7. The molecule has 0 saturated heterocycles. The molecule has 8 heteroatoms. The van der Waals surface area contributed by atoms with Crippen LogP contribution < -0.4 is 10.8 Å². The van der Waals surface area contributed by atoms with E-state index in [0.29, 0.717) is 18.6 Å². The Labute approximate surface area is 199 Å². The first-order valence-electron chi connectivity index (χ1n) is 11.4. The number of hydroxylamine groups is 1. The number of carbonyl (C=O) groups is 2. The average Bonchev–Trinajstić information content (AvgIpc) is 3.26. The first-order chi connectivity index (χ1) is 16.4. The van der Waals surface area contributed by atoms with Crippen molar-refractivity contribution >= 4 is 28.4 Å². The van der Waals surface area contributed by atoms with Gasteiger partial charge >= 0.3 is 0 Å². The zero-order chi connectivity index (χ0) is 24.5. The number of fused-ring (bicyclic) bond motifs is 1. The third kappa shape index (κ3) is 6.45. The summed E-state index contributed by atoms with van der Waals surface area (Å²) in [6, 6.07) is 17.1. The van der Waals surface area contributed by atoms with Gasteiger partial charge in [-0.1, -0.05) is 67.5 Å². The smallest absolute Gasteiger partial charge is 0.244 e. The van der Waals surface area contributed by atoms with Gasteiger partial charge in [0.1, 0.15) is 12.8 Å². The van der Waals surface area contributed by atoms with Gasteiger partial charge in [-0.25, -0.2) is 5.48 Å². The summed E-state index contributed by atoms with van der Waals surface area (Å²) in [6.07, 6.45) is 2.73. The summed E-state index contributed by atoms with van der Waals surface area (Å²) in [5.74, 6) is -1.28. The first kappa shape index (κ1) is 25.0. The molecule has 2 atom stereocenters. The van der Waals surface area contributed by atoms with Crippen molar-refractivity contribution in [3.63, 3.8) is 0 Å². The van der Waals surface area contributed by atoms with E-state index in [1.165, 1.54) is 7.11 Å². The molecular formula is C26H32N4O4. The molecule has 0 saturated carbocycles. The van der Waals surface area contributed by atoms with Crippen molar-refractivity contribution in [1.29, 1.82) is 0 Å². The van der Waals surface area contributed by atoms with E-state index in [0.717, 1.165) is 22.0 Å². The van der Waals surface area contributed by atoms with Crippen LogP contribution in [0.25, 0.3) is 10.9 Å². The van der Waals surface area contributed by atoms with Crippen molar-refractivity contribution in [2.24, 2.45) is 17.0 Å². The SMILES string of the molecule is CON=C(c1c[nH]c2ccccc12)[C@H](Cc1ccccc1)NC(=O)[C@@H](CC(=O)NO)CC(C)C. The monoisotopic (exact) mass is 464 g/mol. The molecule has 2 amide bonds. The lowest BCUT2D eigenvalue weighted by atomic mass is 9.91. The van der Waals surface area contributed by atoms with Crippen molar-refractivity contribution in [2.45, 2.75) is 39.2 Å². The highest BCUT2D eigenvalue weighted by atomic mass is 16.6. The Hall–Kier alpha value is -3.65. The van der Waals surface area contributed by atoms with Crippen molar-refractivity contribution in [2.75, 3.05) is 7.11 Å². The maximum atomic E-state index is 13.4. The molecule has 4 N–H and O–H groups in total. The van der Waals surface area contributed by atoms with Crippen LogP contribution >= 0.6 is 0 Å². The van der Waals surface area contributed by atoms with Gasteiger partial charge in [-0.05, 0) is 30.4 Å². The fourth-order valence-corrected chi connectivity index (χ4v) is 4.16. The molecule has 0 bridgehead atoms. The van der Waals surface area contributed by atoms with Crippen LogP contribution in [0, 0.1) is 11.8 Å². The molecule has 0 unspecified atom stereocenters. The molecule has 0 aliphatic rings.